The highest BCUT2D eigenvalue weighted by molar-refractivity contribution is 5.69. The van der Waals surface area contributed by atoms with E-state index in [1.165, 1.54) is 6.07 Å². The molecular weight excluding hydrogens is 327 g/mol. The molecule has 1 saturated heterocycles. The van der Waals surface area contributed by atoms with Gasteiger partial charge in [0.2, 0.25) is 11.7 Å². The van der Waals surface area contributed by atoms with Gasteiger partial charge < -0.3 is 19.9 Å². The number of halogens is 1. The number of rotatable bonds is 2. The first-order chi connectivity index (χ1) is 11.6. The lowest BCUT2D eigenvalue weighted by atomic mass is 10.0. The SMILES string of the molecule is Cc1c(N)cc(-c2noc(C3CN(C(=O)OC(C)(C)C)C3)n2)cc1F. The van der Waals surface area contributed by atoms with Crippen LogP contribution in [0.5, 0.6) is 0 Å². The number of hydrogen-bond donors (Lipinski definition) is 1. The molecule has 0 radical (unpaired) electrons. The second-order valence-corrected chi connectivity index (χ2v) is 7.21. The van der Waals surface area contributed by atoms with Crippen LogP contribution >= 0.6 is 0 Å². The molecule has 134 valence electrons. The summed E-state index contributed by atoms with van der Waals surface area (Å²) in [6, 6.07) is 2.94. The Balaban J connectivity index is 1.67. The Hall–Kier alpha value is -2.64. The summed E-state index contributed by atoms with van der Waals surface area (Å²) in [4.78, 5) is 17.8. The zero-order chi connectivity index (χ0) is 18.4. The van der Waals surface area contributed by atoms with Crippen molar-refractivity contribution in [1.82, 2.24) is 15.0 Å². The number of likely N-dealkylation sites (tertiary alicyclic amines) is 1. The van der Waals surface area contributed by atoms with Gasteiger partial charge in [-0.15, -0.1) is 0 Å². The summed E-state index contributed by atoms with van der Waals surface area (Å²) in [5.74, 6) is 0.216. The lowest BCUT2D eigenvalue weighted by Crippen LogP contribution is -2.50. The topological polar surface area (TPSA) is 94.5 Å². The summed E-state index contributed by atoms with van der Waals surface area (Å²) in [7, 11) is 0. The second kappa shape index (κ2) is 6.02. The molecule has 0 bridgehead atoms. The van der Waals surface area contributed by atoms with Crippen molar-refractivity contribution in [2.45, 2.75) is 39.2 Å². The number of nitrogens with two attached hydrogens (primary N) is 1. The van der Waals surface area contributed by atoms with Gasteiger partial charge in [-0.05, 0) is 39.8 Å². The van der Waals surface area contributed by atoms with Crippen molar-refractivity contribution in [2.75, 3.05) is 18.8 Å². The lowest BCUT2D eigenvalue weighted by molar-refractivity contribution is 0.00558. The van der Waals surface area contributed by atoms with Crippen LogP contribution in [0.4, 0.5) is 14.9 Å². The molecule has 0 spiro atoms. The van der Waals surface area contributed by atoms with Crippen LogP contribution in [-0.2, 0) is 4.74 Å². The van der Waals surface area contributed by atoms with E-state index in [9.17, 15) is 9.18 Å². The number of anilines is 1. The summed E-state index contributed by atoms with van der Waals surface area (Å²) in [5.41, 5.74) is 6.43. The minimum absolute atomic E-state index is 0.0542. The Labute approximate surface area is 144 Å². The van der Waals surface area contributed by atoms with Crippen LogP contribution in [0.25, 0.3) is 11.4 Å². The first kappa shape index (κ1) is 17.2. The monoisotopic (exact) mass is 348 g/mol. The Morgan fingerprint density at radius 3 is 2.68 bits per heavy atom. The molecule has 7 nitrogen and oxygen atoms in total. The van der Waals surface area contributed by atoms with Crippen LogP contribution in [0.15, 0.2) is 16.7 Å². The Bertz CT molecular complexity index is 783. The van der Waals surface area contributed by atoms with Gasteiger partial charge in [0.25, 0.3) is 0 Å². The number of carbonyl (C=O) groups excluding carboxylic acids is 1. The molecule has 25 heavy (non-hydrogen) atoms. The van der Waals surface area contributed by atoms with Crippen LogP contribution < -0.4 is 5.73 Å². The maximum absolute atomic E-state index is 13.8. The number of nitrogen functional groups attached to an aromatic ring is 1. The summed E-state index contributed by atoms with van der Waals surface area (Å²) in [6.07, 6.45) is -0.364. The first-order valence-electron chi connectivity index (χ1n) is 8.01. The van der Waals surface area contributed by atoms with Crippen LogP contribution in [0.2, 0.25) is 0 Å². The standard InChI is InChI=1S/C17H21FN4O3/c1-9-12(18)5-10(6-13(9)19)14-20-15(25-21-14)11-7-22(8-11)16(23)24-17(2,3)4/h5-6,11H,7-8,19H2,1-4H3. The van der Waals surface area contributed by atoms with Crippen molar-refractivity contribution in [3.05, 3.63) is 29.4 Å². The van der Waals surface area contributed by atoms with Crippen LogP contribution in [0.1, 0.15) is 38.1 Å². The van der Waals surface area contributed by atoms with E-state index in [1.54, 1.807) is 17.9 Å². The highest BCUT2D eigenvalue weighted by Gasteiger charge is 2.37. The Morgan fingerprint density at radius 1 is 1.40 bits per heavy atom. The third-order valence-corrected chi connectivity index (χ3v) is 3.97. The number of carbonyl (C=O) groups is 1. The smallest absolute Gasteiger partial charge is 0.410 e. The maximum atomic E-state index is 13.8. The molecule has 3 rings (SSSR count). The highest BCUT2D eigenvalue weighted by Crippen LogP contribution is 2.30. The molecule has 1 aromatic carbocycles. The zero-order valence-electron chi connectivity index (χ0n) is 14.7. The largest absolute Gasteiger partial charge is 0.444 e. The number of ether oxygens (including phenoxy) is 1. The van der Waals surface area contributed by atoms with Gasteiger partial charge in [0.05, 0.1) is 5.92 Å². The Morgan fingerprint density at radius 2 is 2.08 bits per heavy atom. The highest BCUT2D eigenvalue weighted by atomic mass is 19.1. The molecule has 1 fully saturated rings. The molecule has 0 aliphatic carbocycles. The van der Waals surface area contributed by atoms with E-state index in [0.29, 0.717) is 35.8 Å². The quantitative estimate of drug-likeness (QED) is 0.838. The average molecular weight is 348 g/mol. The van der Waals surface area contributed by atoms with E-state index < -0.39 is 11.4 Å². The van der Waals surface area contributed by atoms with Gasteiger partial charge in [-0.2, -0.15) is 4.98 Å². The number of benzene rings is 1. The molecule has 8 heteroatoms. The van der Waals surface area contributed by atoms with Crippen molar-refractivity contribution in [3.8, 4) is 11.4 Å². The molecule has 2 N–H and O–H groups in total. The molecule has 2 aromatic rings. The Kier molecular flexibility index (Phi) is 4.14. The van der Waals surface area contributed by atoms with E-state index in [2.05, 4.69) is 10.1 Å². The normalized spacial score (nSPS) is 15.2. The predicted molar refractivity (Wildman–Crippen MR) is 89.4 cm³/mol. The maximum Gasteiger partial charge on any atom is 0.410 e. The van der Waals surface area contributed by atoms with Crippen LogP contribution in [0, 0.1) is 12.7 Å². The number of hydrogen-bond acceptors (Lipinski definition) is 6. The summed E-state index contributed by atoms with van der Waals surface area (Å²) in [5, 5.41) is 3.89. The van der Waals surface area contributed by atoms with Crippen LogP contribution in [0.3, 0.4) is 0 Å². The molecule has 1 amide bonds. The average Bonchev–Trinajstić information content (AvgIpc) is 2.90. The van der Waals surface area contributed by atoms with Crippen molar-refractivity contribution in [1.29, 1.82) is 0 Å². The van der Waals surface area contributed by atoms with E-state index in [-0.39, 0.29) is 17.8 Å². The van der Waals surface area contributed by atoms with Gasteiger partial charge in [0.1, 0.15) is 11.4 Å². The lowest BCUT2D eigenvalue weighted by Gasteiger charge is -2.37. The minimum Gasteiger partial charge on any atom is -0.444 e. The first-order valence-corrected chi connectivity index (χ1v) is 8.01. The van der Waals surface area contributed by atoms with Crippen molar-refractivity contribution in [3.63, 3.8) is 0 Å². The molecule has 1 aliphatic rings. The zero-order valence-corrected chi connectivity index (χ0v) is 14.7. The number of amides is 1. The van der Waals surface area contributed by atoms with Gasteiger partial charge in [-0.25, -0.2) is 9.18 Å². The van der Waals surface area contributed by atoms with Gasteiger partial charge >= 0.3 is 6.09 Å². The third kappa shape index (κ3) is 3.57. The van der Waals surface area contributed by atoms with Crippen LogP contribution in [-0.4, -0.2) is 39.8 Å². The molecular formula is C17H21FN4O3. The fourth-order valence-corrected chi connectivity index (χ4v) is 2.46. The van der Waals surface area contributed by atoms with E-state index in [1.807, 2.05) is 20.8 Å². The van der Waals surface area contributed by atoms with Gasteiger partial charge in [0.15, 0.2) is 0 Å². The van der Waals surface area contributed by atoms with Crippen molar-refractivity contribution >= 4 is 11.8 Å². The number of nitrogens with zero attached hydrogens (tertiary/aromatic N) is 3. The second-order valence-electron chi connectivity index (χ2n) is 7.21. The fourth-order valence-electron chi connectivity index (χ4n) is 2.46. The number of aromatic nitrogens is 2. The molecule has 1 aromatic heterocycles. The molecule has 0 atom stereocenters. The molecule has 0 unspecified atom stereocenters. The summed E-state index contributed by atoms with van der Waals surface area (Å²) >= 11 is 0. The molecule has 0 saturated carbocycles. The van der Waals surface area contributed by atoms with E-state index in [0.717, 1.165) is 0 Å². The fraction of sp³-hybridized carbons (Fsp3) is 0.471. The van der Waals surface area contributed by atoms with Gasteiger partial charge in [-0.1, -0.05) is 5.16 Å². The third-order valence-electron chi connectivity index (χ3n) is 3.97. The summed E-state index contributed by atoms with van der Waals surface area (Å²) < 4.78 is 24.4. The van der Waals surface area contributed by atoms with Gasteiger partial charge in [0, 0.05) is 29.9 Å². The summed E-state index contributed by atoms with van der Waals surface area (Å²) in [6.45, 7) is 7.95. The molecule has 1 aliphatic heterocycles. The van der Waals surface area contributed by atoms with Gasteiger partial charge in [-0.3, -0.25) is 0 Å². The van der Waals surface area contributed by atoms with E-state index in [4.69, 9.17) is 15.0 Å². The molecule has 2 heterocycles. The van der Waals surface area contributed by atoms with Crippen molar-refractivity contribution in [2.24, 2.45) is 0 Å². The predicted octanol–water partition coefficient (Wildman–Crippen LogP) is 3.10. The minimum atomic E-state index is -0.532. The van der Waals surface area contributed by atoms with Crippen molar-refractivity contribution < 1.29 is 18.4 Å². The van der Waals surface area contributed by atoms with E-state index >= 15 is 0 Å².